The zero-order valence-corrected chi connectivity index (χ0v) is 30.7. The number of methoxy groups -OCH3 is 1. The van der Waals surface area contributed by atoms with Gasteiger partial charge in [-0.3, -0.25) is 9.52 Å². The van der Waals surface area contributed by atoms with Crippen LogP contribution in [0, 0.1) is 11.8 Å². The lowest BCUT2D eigenvalue weighted by atomic mass is 9.68. The van der Waals surface area contributed by atoms with Crippen LogP contribution in [0.5, 0.6) is 5.75 Å². The molecule has 1 saturated carbocycles. The van der Waals surface area contributed by atoms with E-state index in [0.717, 1.165) is 49.4 Å². The van der Waals surface area contributed by atoms with Crippen molar-refractivity contribution >= 4 is 49.0 Å². The third-order valence-corrected chi connectivity index (χ3v) is 14.8. The van der Waals surface area contributed by atoms with Gasteiger partial charge in [0.15, 0.2) is 9.84 Å². The highest BCUT2D eigenvalue weighted by Gasteiger charge is 2.44. The number of anilines is 1. The molecule has 2 bridgehead atoms. The molecule has 3 heterocycles. The van der Waals surface area contributed by atoms with Crippen LogP contribution in [0.3, 0.4) is 0 Å². The molecule has 7 rings (SSSR count). The van der Waals surface area contributed by atoms with Crippen molar-refractivity contribution in [3.8, 4) is 5.75 Å². The van der Waals surface area contributed by atoms with Crippen molar-refractivity contribution in [2.24, 2.45) is 16.2 Å². The number of ether oxygens (including phenoxy) is 2. The quantitative estimate of drug-likeness (QED) is 0.417. The normalized spacial score (nSPS) is 31.6. The van der Waals surface area contributed by atoms with Crippen molar-refractivity contribution < 1.29 is 31.7 Å². The standard InChI is InChI=1S/C36H45ClN4O7S2/c1-47-32-7-3-2-4-17-50(46,39-35(43)40-15-18-49(44,45)19-16-40)38-34(42)26-9-13-33-31(21-26)41(22-27-8-11-29(27)32)23-36(24-48-33)14-5-6-25-20-28(37)10-12-30(25)36/h3,7,9-10,12-13,20-21,27,29,32H,2,4-6,8,11,14-19,22-24H2,1H3,(H,38,39,42,43,46)/b7-3-/t27-,29+,32-,36-,50?/m0/s1. The number of benzene rings is 2. The molecule has 3 aliphatic heterocycles. The Morgan fingerprint density at radius 2 is 1.90 bits per heavy atom. The first-order chi connectivity index (χ1) is 24.0. The van der Waals surface area contributed by atoms with E-state index in [0.29, 0.717) is 43.6 Å². The maximum absolute atomic E-state index is 14.3. The first kappa shape index (κ1) is 35.3. The van der Waals surface area contributed by atoms with Gasteiger partial charge in [0, 0.05) is 49.3 Å². The van der Waals surface area contributed by atoms with Gasteiger partial charge in [0.25, 0.3) is 5.91 Å². The number of fused-ring (bicyclic) bond motifs is 4. The van der Waals surface area contributed by atoms with Gasteiger partial charge in [0.2, 0.25) is 0 Å². The zero-order valence-electron chi connectivity index (χ0n) is 28.4. The Morgan fingerprint density at radius 3 is 2.66 bits per heavy atom. The number of aryl methyl sites for hydroxylation is 1. The molecule has 5 atom stereocenters. The summed E-state index contributed by atoms with van der Waals surface area (Å²) in [5, 5.41) is 0.725. The average Bonchev–Trinajstić information content (AvgIpc) is 3.22. The van der Waals surface area contributed by atoms with E-state index in [1.165, 1.54) is 16.0 Å². The molecule has 2 aromatic carbocycles. The second kappa shape index (κ2) is 14.1. The number of rotatable bonds is 2. The Kier molecular flexibility index (Phi) is 9.96. The molecule has 2 fully saturated rings. The van der Waals surface area contributed by atoms with Crippen molar-refractivity contribution in [3.05, 3.63) is 70.3 Å². The minimum atomic E-state index is -3.56. The first-order valence-electron chi connectivity index (χ1n) is 17.5. The Morgan fingerprint density at radius 1 is 1.08 bits per heavy atom. The van der Waals surface area contributed by atoms with Crippen LogP contribution in [0.1, 0.15) is 60.0 Å². The summed E-state index contributed by atoms with van der Waals surface area (Å²) in [6.07, 6.45) is 10.0. The largest absolute Gasteiger partial charge is 0.490 e. The maximum atomic E-state index is 14.3. The highest BCUT2D eigenvalue weighted by atomic mass is 35.5. The molecule has 2 aromatic rings. The van der Waals surface area contributed by atoms with Gasteiger partial charge in [-0.25, -0.2) is 17.4 Å². The van der Waals surface area contributed by atoms with Gasteiger partial charge in [-0.2, -0.15) is 0 Å². The summed E-state index contributed by atoms with van der Waals surface area (Å²) in [5.74, 6) is 0.293. The van der Waals surface area contributed by atoms with E-state index < -0.39 is 31.7 Å². The number of carbonyl (C=O) groups is 2. The van der Waals surface area contributed by atoms with Crippen LogP contribution in [-0.2, 0) is 36.3 Å². The smallest absolute Gasteiger partial charge is 0.329 e. The minimum Gasteiger partial charge on any atom is -0.490 e. The summed E-state index contributed by atoms with van der Waals surface area (Å²) in [5.41, 5.74) is 3.26. The number of nitrogens with zero attached hydrogens (tertiary/aromatic N) is 3. The fourth-order valence-electron chi connectivity index (χ4n) is 8.23. The van der Waals surface area contributed by atoms with Crippen LogP contribution in [0.2, 0.25) is 5.02 Å². The average molecular weight is 745 g/mol. The lowest BCUT2D eigenvalue weighted by Gasteiger charge is -2.46. The van der Waals surface area contributed by atoms with Gasteiger partial charge in [0.05, 0.1) is 35.7 Å². The molecule has 1 spiro atoms. The number of carbonyl (C=O) groups excluding carboxylic acids is 2. The summed E-state index contributed by atoms with van der Waals surface area (Å²) < 4.78 is 57.4. The highest BCUT2D eigenvalue weighted by Crippen LogP contribution is 2.47. The van der Waals surface area contributed by atoms with Gasteiger partial charge in [-0.15, -0.1) is 4.36 Å². The molecule has 50 heavy (non-hydrogen) atoms. The second-order valence-electron chi connectivity index (χ2n) is 14.3. The van der Waals surface area contributed by atoms with Gasteiger partial charge >= 0.3 is 6.03 Å². The number of sulfone groups is 1. The fraction of sp³-hybridized carbons (Fsp3) is 0.556. The third kappa shape index (κ3) is 7.29. The van der Waals surface area contributed by atoms with Gasteiger partial charge in [-0.1, -0.05) is 29.8 Å². The first-order valence-corrected chi connectivity index (χ1v) is 21.4. The molecule has 270 valence electrons. The minimum absolute atomic E-state index is 0.0133. The summed E-state index contributed by atoms with van der Waals surface area (Å²) in [7, 11) is -5.05. The van der Waals surface area contributed by atoms with Gasteiger partial charge in [0.1, 0.15) is 15.7 Å². The van der Waals surface area contributed by atoms with Gasteiger partial charge in [-0.05, 0) is 98.2 Å². The van der Waals surface area contributed by atoms with Crippen molar-refractivity contribution in [1.82, 2.24) is 9.62 Å². The highest BCUT2D eigenvalue weighted by molar-refractivity contribution is 7.92. The fourth-order valence-corrected chi connectivity index (χ4v) is 11.2. The second-order valence-corrected chi connectivity index (χ2v) is 19.2. The van der Waals surface area contributed by atoms with Crippen LogP contribution in [0.4, 0.5) is 10.5 Å². The van der Waals surface area contributed by atoms with E-state index in [1.807, 2.05) is 12.1 Å². The molecule has 0 radical (unpaired) electrons. The number of amides is 3. The Labute approximate surface area is 299 Å². The van der Waals surface area contributed by atoms with Crippen LogP contribution < -0.4 is 14.4 Å². The Bertz CT molecular complexity index is 1910. The predicted molar refractivity (Wildman–Crippen MR) is 194 cm³/mol. The number of allylic oxidation sites excluding steroid dienone is 1. The van der Waals surface area contributed by atoms with E-state index in [2.05, 4.69) is 32.2 Å². The molecule has 5 aliphatic rings. The topological polar surface area (TPSA) is 135 Å². The molecule has 2 aliphatic carbocycles. The predicted octanol–water partition coefficient (Wildman–Crippen LogP) is 5.17. The third-order valence-electron chi connectivity index (χ3n) is 11.1. The summed E-state index contributed by atoms with van der Waals surface area (Å²) >= 11 is 6.44. The number of urea groups is 1. The van der Waals surface area contributed by atoms with Crippen molar-refractivity contribution in [3.63, 3.8) is 0 Å². The van der Waals surface area contributed by atoms with Crippen molar-refractivity contribution in [2.45, 2.75) is 56.5 Å². The number of nitrogens with one attached hydrogen (secondary N) is 1. The SMILES string of the molecule is CO[C@H]1/C=C\CCCS(=O)(NC(=O)N2CCS(=O)(=O)CC2)=NC(=O)c2ccc3c(c2)N(C[C@@H]2CC[C@H]21)C[C@@]1(CCCc2cc(Cl)ccc21)CO3. The van der Waals surface area contributed by atoms with Crippen LogP contribution in [0.15, 0.2) is 52.9 Å². The van der Waals surface area contributed by atoms with E-state index >= 15 is 0 Å². The molecular weight excluding hydrogens is 700 g/mol. The lowest BCUT2D eigenvalue weighted by molar-refractivity contribution is 0.0132. The maximum Gasteiger partial charge on any atom is 0.329 e. The van der Waals surface area contributed by atoms with Crippen molar-refractivity contribution in [1.29, 1.82) is 0 Å². The monoisotopic (exact) mass is 744 g/mol. The number of hydrogen-bond donors (Lipinski definition) is 1. The van der Waals surface area contributed by atoms with Crippen LogP contribution in [0.25, 0.3) is 0 Å². The van der Waals surface area contributed by atoms with Gasteiger partial charge < -0.3 is 19.3 Å². The lowest BCUT2D eigenvalue weighted by Crippen LogP contribution is -2.50. The van der Waals surface area contributed by atoms with E-state index in [4.69, 9.17) is 21.1 Å². The number of halogens is 1. The Balaban J connectivity index is 1.26. The van der Waals surface area contributed by atoms with E-state index in [9.17, 15) is 22.2 Å². The summed E-state index contributed by atoms with van der Waals surface area (Å²) in [6, 6.07) is 10.7. The molecule has 14 heteroatoms. The molecule has 3 amide bonds. The van der Waals surface area contributed by atoms with E-state index in [1.54, 1.807) is 25.3 Å². The molecule has 11 nitrogen and oxygen atoms in total. The molecule has 1 unspecified atom stereocenters. The molecule has 1 N–H and O–H groups in total. The van der Waals surface area contributed by atoms with Crippen LogP contribution >= 0.6 is 11.6 Å². The van der Waals surface area contributed by atoms with Crippen molar-refractivity contribution in [2.75, 3.05) is 62.1 Å². The van der Waals surface area contributed by atoms with E-state index in [-0.39, 0.29) is 47.4 Å². The summed E-state index contributed by atoms with van der Waals surface area (Å²) in [6.45, 7) is 1.91. The molecule has 0 aromatic heterocycles. The number of hydrogen-bond acceptors (Lipinski definition) is 8. The molecular formula is C36H45ClN4O7S2. The molecule has 1 saturated heterocycles. The van der Waals surface area contributed by atoms with Crippen LogP contribution in [-0.4, -0.2) is 92.7 Å². The Hall–Kier alpha value is -3.13. The summed E-state index contributed by atoms with van der Waals surface area (Å²) in [4.78, 5) is 30.7. The zero-order chi connectivity index (χ0) is 35.1.